The number of thiophene rings is 1. The van der Waals surface area contributed by atoms with Gasteiger partial charge in [0, 0.05) is 41.3 Å². The molecule has 0 amide bonds. The van der Waals surface area contributed by atoms with Gasteiger partial charge in [-0.3, -0.25) is 5.32 Å². The summed E-state index contributed by atoms with van der Waals surface area (Å²) in [6.07, 6.45) is 3.77. The van der Waals surface area contributed by atoms with E-state index in [1.54, 1.807) is 17.4 Å². The first kappa shape index (κ1) is 17.6. The van der Waals surface area contributed by atoms with Crippen molar-refractivity contribution in [3.05, 3.63) is 101 Å². The molecule has 0 saturated heterocycles. The highest BCUT2D eigenvalue weighted by Crippen LogP contribution is 2.30. The van der Waals surface area contributed by atoms with Crippen LogP contribution >= 0.6 is 11.3 Å². The molecule has 0 radical (unpaired) electrons. The first-order valence-electron chi connectivity index (χ1n) is 8.81. The Bertz CT molecular complexity index is 1020. The SMILES string of the molecule is Cn1ccnc1[C@@H](NCc1ccc(-c2ccccc2F)s1)c1ccccc1. The summed E-state index contributed by atoms with van der Waals surface area (Å²) in [4.78, 5) is 6.62. The van der Waals surface area contributed by atoms with Crippen molar-refractivity contribution in [2.45, 2.75) is 12.6 Å². The van der Waals surface area contributed by atoms with Crippen LogP contribution in [0.5, 0.6) is 0 Å². The van der Waals surface area contributed by atoms with E-state index in [0.717, 1.165) is 21.1 Å². The summed E-state index contributed by atoms with van der Waals surface area (Å²) in [7, 11) is 2.00. The maximum atomic E-state index is 14.0. The molecule has 4 aromatic rings. The highest BCUT2D eigenvalue weighted by atomic mass is 32.1. The molecule has 27 heavy (non-hydrogen) atoms. The highest BCUT2D eigenvalue weighted by molar-refractivity contribution is 7.15. The number of rotatable bonds is 6. The molecule has 0 bridgehead atoms. The summed E-state index contributed by atoms with van der Waals surface area (Å²) < 4.78 is 16.1. The molecule has 0 aliphatic carbocycles. The van der Waals surface area contributed by atoms with E-state index in [9.17, 15) is 4.39 Å². The van der Waals surface area contributed by atoms with Crippen molar-refractivity contribution < 1.29 is 4.39 Å². The molecule has 2 aromatic heterocycles. The summed E-state index contributed by atoms with van der Waals surface area (Å²) in [5.41, 5.74) is 1.81. The Kier molecular flexibility index (Phi) is 5.14. The van der Waals surface area contributed by atoms with Crippen LogP contribution in [-0.4, -0.2) is 9.55 Å². The van der Waals surface area contributed by atoms with Crippen LogP contribution in [0.15, 0.2) is 79.1 Å². The average molecular weight is 377 g/mol. The number of imidazole rings is 1. The smallest absolute Gasteiger partial charge is 0.131 e. The second kappa shape index (κ2) is 7.86. The van der Waals surface area contributed by atoms with Gasteiger partial charge in [-0.15, -0.1) is 11.3 Å². The normalized spacial score (nSPS) is 12.2. The minimum atomic E-state index is -0.186. The van der Waals surface area contributed by atoms with E-state index in [1.165, 1.54) is 6.07 Å². The lowest BCUT2D eigenvalue weighted by atomic mass is 10.1. The second-order valence-corrected chi connectivity index (χ2v) is 7.54. The molecule has 2 heterocycles. The van der Waals surface area contributed by atoms with Gasteiger partial charge in [-0.2, -0.15) is 0 Å². The lowest BCUT2D eigenvalue weighted by molar-refractivity contribution is 0.561. The summed E-state index contributed by atoms with van der Waals surface area (Å²) in [5.74, 6) is 0.779. The van der Waals surface area contributed by atoms with Crippen molar-refractivity contribution in [3.8, 4) is 10.4 Å². The molecule has 1 atom stereocenters. The van der Waals surface area contributed by atoms with Gasteiger partial charge >= 0.3 is 0 Å². The van der Waals surface area contributed by atoms with Crippen molar-refractivity contribution in [2.24, 2.45) is 7.05 Å². The van der Waals surface area contributed by atoms with Crippen molar-refractivity contribution in [1.29, 1.82) is 0 Å². The van der Waals surface area contributed by atoms with Gasteiger partial charge in [-0.25, -0.2) is 9.37 Å². The van der Waals surface area contributed by atoms with Crippen molar-refractivity contribution >= 4 is 11.3 Å². The van der Waals surface area contributed by atoms with Crippen molar-refractivity contribution in [1.82, 2.24) is 14.9 Å². The van der Waals surface area contributed by atoms with E-state index < -0.39 is 0 Å². The Morgan fingerprint density at radius 1 is 1.04 bits per heavy atom. The van der Waals surface area contributed by atoms with Gasteiger partial charge in [0.1, 0.15) is 11.6 Å². The Morgan fingerprint density at radius 2 is 1.81 bits per heavy atom. The standard InChI is InChI=1S/C22H20FN3S/c1-26-14-13-24-22(26)21(16-7-3-2-4-8-16)25-15-17-11-12-20(27-17)18-9-5-6-10-19(18)23/h2-14,21,25H,15H2,1H3/t21-/m0/s1. The largest absolute Gasteiger partial charge is 0.336 e. The number of hydrogen-bond acceptors (Lipinski definition) is 3. The molecule has 3 nitrogen and oxygen atoms in total. The molecule has 0 unspecified atom stereocenters. The molecule has 1 N–H and O–H groups in total. The monoisotopic (exact) mass is 377 g/mol. The van der Waals surface area contributed by atoms with Crippen LogP contribution in [0.4, 0.5) is 4.39 Å². The van der Waals surface area contributed by atoms with Crippen LogP contribution in [0.3, 0.4) is 0 Å². The van der Waals surface area contributed by atoms with Crippen LogP contribution < -0.4 is 5.32 Å². The van der Waals surface area contributed by atoms with E-state index in [0.29, 0.717) is 12.1 Å². The molecule has 0 spiro atoms. The predicted octanol–water partition coefficient (Wildman–Crippen LogP) is 5.17. The van der Waals surface area contributed by atoms with E-state index in [-0.39, 0.29) is 11.9 Å². The topological polar surface area (TPSA) is 29.9 Å². The number of hydrogen-bond donors (Lipinski definition) is 1. The molecule has 136 valence electrons. The summed E-state index contributed by atoms with van der Waals surface area (Å²) in [6, 6.07) is 21.2. The molecule has 0 aliphatic heterocycles. The van der Waals surface area contributed by atoms with Crippen LogP contribution in [0.25, 0.3) is 10.4 Å². The van der Waals surface area contributed by atoms with E-state index in [1.807, 2.05) is 60.4 Å². The summed E-state index contributed by atoms with van der Waals surface area (Å²) in [6.45, 7) is 0.686. The molecule has 0 saturated carbocycles. The van der Waals surface area contributed by atoms with Gasteiger partial charge in [0.2, 0.25) is 0 Å². The summed E-state index contributed by atoms with van der Waals surface area (Å²) in [5, 5.41) is 3.61. The third kappa shape index (κ3) is 3.84. The minimum absolute atomic E-state index is 0.00906. The van der Waals surface area contributed by atoms with Gasteiger partial charge in [0.05, 0.1) is 6.04 Å². The zero-order valence-corrected chi connectivity index (χ0v) is 15.8. The number of nitrogens with zero attached hydrogens (tertiary/aromatic N) is 2. The van der Waals surface area contributed by atoms with E-state index >= 15 is 0 Å². The lowest BCUT2D eigenvalue weighted by Crippen LogP contribution is -2.24. The Labute approximate surface area is 162 Å². The predicted molar refractivity (Wildman–Crippen MR) is 108 cm³/mol. The van der Waals surface area contributed by atoms with Gasteiger partial charge in [-0.05, 0) is 23.8 Å². The van der Waals surface area contributed by atoms with Gasteiger partial charge < -0.3 is 4.57 Å². The molecular weight excluding hydrogens is 357 g/mol. The van der Waals surface area contributed by atoms with Crippen LogP contribution in [-0.2, 0) is 13.6 Å². The molecular formula is C22H20FN3S. The lowest BCUT2D eigenvalue weighted by Gasteiger charge is -2.18. The maximum absolute atomic E-state index is 14.0. The fraction of sp³-hybridized carbons (Fsp3) is 0.136. The third-order valence-electron chi connectivity index (χ3n) is 4.53. The van der Waals surface area contributed by atoms with Gasteiger partial charge in [0.15, 0.2) is 0 Å². The van der Waals surface area contributed by atoms with Gasteiger partial charge in [-0.1, -0.05) is 48.5 Å². The van der Waals surface area contributed by atoms with Crippen LogP contribution in [0.1, 0.15) is 22.3 Å². The van der Waals surface area contributed by atoms with E-state index in [2.05, 4.69) is 28.5 Å². The van der Waals surface area contributed by atoms with Gasteiger partial charge in [0.25, 0.3) is 0 Å². The van der Waals surface area contributed by atoms with Crippen LogP contribution in [0.2, 0.25) is 0 Å². The zero-order valence-electron chi connectivity index (χ0n) is 15.0. The van der Waals surface area contributed by atoms with Crippen molar-refractivity contribution in [2.75, 3.05) is 0 Å². The van der Waals surface area contributed by atoms with Crippen molar-refractivity contribution in [3.63, 3.8) is 0 Å². The van der Waals surface area contributed by atoms with Crippen LogP contribution in [0, 0.1) is 5.82 Å². The first-order valence-corrected chi connectivity index (χ1v) is 9.63. The van der Waals surface area contributed by atoms with E-state index in [4.69, 9.17) is 0 Å². The number of nitrogens with one attached hydrogen (secondary N) is 1. The number of benzene rings is 2. The minimum Gasteiger partial charge on any atom is -0.336 e. The molecule has 0 aliphatic rings. The fourth-order valence-corrected chi connectivity index (χ4v) is 4.13. The maximum Gasteiger partial charge on any atom is 0.131 e. The highest BCUT2D eigenvalue weighted by Gasteiger charge is 2.18. The second-order valence-electron chi connectivity index (χ2n) is 6.37. The third-order valence-corrected chi connectivity index (χ3v) is 5.65. The number of aryl methyl sites for hydroxylation is 1. The molecule has 2 aromatic carbocycles. The quantitative estimate of drug-likeness (QED) is 0.503. The number of aromatic nitrogens is 2. The first-order chi connectivity index (χ1) is 13.2. The molecule has 5 heteroatoms. The number of halogens is 1. The molecule has 0 fully saturated rings. The molecule has 4 rings (SSSR count). The summed E-state index contributed by atoms with van der Waals surface area (Å²) >= 11 is 1.61. The Balaban J connectivity index is 1.55. The average Bonchev–Trinajstić information content (AvgIpc) is 3.33. The zero-order chi connectivity index (χ0) is 18.6. The Hall–Kier alpha value is -2.76. The fourth-order valence-electron chi connectivity index (χ4n) is 3.14. The Morgan fingerprint density at radius 3 is 2.56 bits per heavy atom.